The fraction of sp³-hybridized carbons (Fsp3) is 0.800. The topological polar surface area (TPSA) is 29.9 Å². The van der Waals surface area contributed by atoms with E-state index in [4.69, 9.17) is 11.6 Å². The highest BCUT2D eigenvalue weighted by atomic mass is 35.5. The summed E-state index contributed by atoms with van der Waals surface area (Å²) in [4.78, 5) is 0. The summed E-state index contributed by atoms with van der Waals surface area (Å²) < 4.78 is 1.98. The van der Waals surface area contributed by atoms with Crippen molar-refractivity contribution < 1.29 is 0 Å². The zero-order valence-corrected chi connectivity index (χ0v) is 13.3. The summed E-state index contributed by atoms with van der Waals surface area (Å²) >= 11 is 6.43. The minimum atomic E-state index is 0.577. The van der Waals surface area contributed by atoms with Crippen LogP contribution in [0.1, 0.15) is 45.0 Å². The molecule has 1 aromatic rings. The summed E-state index contributed by atoms with van der Waals surface area (Å²) in [5, 5.41) is 8.96. The lowest BCUT2D eigenvalue weighted by Gasteiger charge is -2.37. The molecule has 0 radical (unpaired) electrons. The monoisotopic (exact) mass is 283 g/mol. The van der Waals surface area contributed by atoms with Gasteiger partial charge < -0.3 is 5.32 Å². The van der Waals surface area contributed by atoms with Crippen molar-refractivity contribution in [2.24, 2.45) is 18.9 Å². The molecule has 1 saturated carbocycles. The Morgan fingerprint density at radius 1 is 1.37 bits per heavy atom. The molecule has 1 heterocycles. The average Bonchev–Trinajstić information content (AvgIpc) is 2.60. The molecule has 1 aliphatic carbocycles. The van der Waals surface area contributed by atoms with Crippen molar-refractivity contribution in [3.8, 4) is 0 Å². The maximum Gasteiger partial charge on any atom is 0.0849 e. The van der Waals surface area contributed by atoms with Gasteiger partial charge in [0.15, 0.2) is 0 Å². The van der Waals surface area contributed by atoms with Crippen LogP contribution in [0.15, 0.2) is 0 Å². The van der Waals surface area contributed by atoms with Crippen LogP contribution in [-0.2, 0) is 19.9 Å². The van der Waals surface area contributed by atoms with E-state index in [2.05, 4.69) is 31.2 Å². The molecule has 1 fully saturated rings. The summed E-state index contributed by atoms with van der Waals surface area (Å²) in [7, 11) is 2.01. The van der Waals surface area contributed by atoms with E-state index in [9.17, 15) is 0 Å². The Kier molecular flexibility index (Phi) is 4.91. The maximum absolute atomic E-state index is 6.43. The van der Waals surface area contributed by atoms with Crippen LogP contribution in [0.5, 0.6) is 0 Å². The number of rotatable bonds is 6. The molecule has 0 amide bonds. The van der Waals surface area contributed by atoms with Gasteiger partial charge in [-0.05, 0) is 44.1 Å². The number of halogens is 1. The lowest BCUT2D eigenvalue weighted by molar-refractivity contribution is 0.165. The van der Waals surface area contributed by atoms with Crippen molar-refractivity contribution in [3.63, 3.8) is 0 Å². The summed E-state index contributed by atoms with van der Waals surface area (Å²) in [5.74, 6) is 1.57. The van der Waals surface area contributed by atoms with Crippen LogP contribution in [-0.4, -0.2) is 22.4 Å². The van der Waals surface area contributed by atoms with E-state index in [1.54, 1.807) is 0 Å². The molecule has 2 rings (SSSR count). The second-order valence-electron chi connectivity index (χ2n) is 6.05. The van der Waals surface area contributed by atoms with Crippen LogP contribution in [0.25, 0.3) is 0 Å². The van der Waals surface area contributed by atoms with E-state index < -0.39 is 0 Å². The molecule has 1 N–H and O–H groups in total. The molecular formula is C15H26ClN3. The summed E-state index contributed by atoms with van der Waals surface area (Å²) in [6.07, 6.45) is 4.66. The predicted molar refractivity (Wildman–Crippen MR) is 80.7 cm³/mol. The van der Waals surface area contributed by atoms with Crippen LogP contribution < -0.4 is 5.32 Å². The summed E-state index contributed by atoms with van der Waals surface area (Å²) in [6, 6.07) is 0.577. The van der Waals surface area contributed by atoms with Gasteiger partial charge >= 0.3 is 0 Å². The summed E-state index contributed by atoms with van der Waals surface area (Å²) in [6.45, 7) is 7.66. The van der Waals surface area contributed by atoms with Crippen LogP contribution in [0.2, 0.25) is 5.02 Å². The standard InChI is InChI=1S/C15H26ClN3/c1-5-13-15(16)14(19(4)18-13)8-11-6-7-12(11)9-17-10(2)3/h10-12,17H,5-9H2,1-4H3. The van der Waals surface area contributed by atoms with E-state index in [1.807, 2.05) is 11.7 Å². The van der Waals surface area contributed by atoms with E-state index in [0.29, 0.717) is 6.04 Å². The van der Waals surface area contributed by atoms with Gasteiger partial charge in [-0.25, -0.2) is 0 Å². The van der Waals surface area contributed by atoms with Crippen molar-refractivity contribution in [1.82, 2.24) is 15.1 Å². The molecule has 0 aliphatic heterocycles. The van der Waals surface area contributed by atoms with E-state index >= 15 is 0 Å². The number of hydrogen-bond donors (Lipinski definition) is 1. The Balaban J connectivity index is 1.96. The van der Waals surface area contributed by atoms with Gasteiger partial charge in [-0.1, -0.05) is 32.4 Å². The molecule has 1 aliphatic rings. The molecular weight excluding hydrogens is 258 g/mol. The van der Waals surface area contributed by atoms with Crippen LogP contribution in [0.3, 0.4) is 0 Å². The third-order valence-electron chi connectivity index (χ3n) is 4.32. The molecule has 0 saturated heterocycles. The van der Waals surface area contributed by atoms with Gasteiger partial charge in [-0.2, -0.15) is 5.10 Å². The molecule has 108 valence electrons. The normalized spacial score (nSPS) is 22.8. The molecule has 0 aromatic carbocycles. The number of aryl methyl sites for hydroxylation is 2. The Hall–Kier alpha value is -0.540. The first kappa shape index (κ1) is 14.9. The molecule has 4 heteroatoms. The SMILES string of the molecule is CCc1nn(C)c(CC2CCC2CNC(C)C)c1Cl. The minimum Gasteiger partial charge on any atom is -0.314 e. The van der Waals surface area contributed by atoms with Gasteiger partial charge in [0.1, 0.15) is 0 Å². The van der Waals surface area contributed by atoms with Crippen molar-refractivity contribution in [3.05, 3.63) is 16.4 Å². The third-order valence-corrected chi connectivity index (χ3v) is 4.76. The zero-order valence-electron chi connectivity index (χ0n) is 12.5. The van der Waals surface area contributed by atoms with Gasteiger partial charge in [0.2, 0.25) is 0 Å². The molecule has 0 bridgehead atoms. The zero-order chi connectivity index (χ0) is 14.0. The van der Waals surface area contributed by atoms with Crippen LogP contribution in [0.4, 0.5) is 0 Å². The van der Waals surface area contributed by atoms with E-state index in [1.165, 1.54) is 18.5 Å². The molecule has 3 nitrogen and oxygen atoms in total. The van der Waals surface area contributed by atoms with Crippen molar-refractivity contribution in [2.75, 3.05) is 6.54 Å². The van der Waals surface area contributed by atoms with Crippen LogP contribution in [0, 0.1) is 11.8 Å². The Bertz CT molecular complexity index is 425. The molecule has 19 heavy (non-hydrogen) atoms. The van der Waals surface area contributed by atoms with Crippen molar-refractivity contribution in [1.29, 1.82) is 0 Å². The Morgan fingerprint density at radius 3 is 2.53 bits per heavy atom. The maximum atomic E-state index is 6.43. The summed E-state index contributed by atoms with van der Waals surface area (Å²) in [5.41, 5.74) is 2.26. The first-order valence-electron chi connectivity index (χ1n) is 7.46. The van der Waals surface area contributed by atoms with Gasteiger partial charge in [-0.15, -0.1) is 0 Å². The van der Waals surface area contributed by atoms with Gasteiger partial charge in [0, 0.05) is 13.1 Å². The minimum absolute atomic E-state index is 0.577. The Labute approximate surface area is 121 Å². The van der Waals surface area contributed by atoms with Crippen molar-refractivity contribution >= 4 is 11.6 Å². The second kappa shape index (κ2) is 6.27. The molecule has 1 aromatic heterocycles. The van der Waals surface area contributed by atoms with Gasteiger partial charge in [0.05, 0.1) is 16.4 Å². The smallest absolute Gasteiger partial charge is 0.0849 e. The lowest BCUT2D eigenvalue weighted by Crippen LogP contribution is -2.39. The van der Waals surface area contributed by atoms with E-state index in [0.717, 1.165) is 41.9 Å². The largest absolute Gasteiger partial charge is 0.314 e. The number of aromatic nitrogens is 2. The highest BCUT2D eigenvalue weighted by molar-refractivity contribution is 6.31. The number of nitrogens with one attached hydrogen (secondary N) is 1. The molecule has 2 unspecified atom stereocenters. The highest BCUT2D eigenvalue weighted by Crippen LogP contribution is 2.38. The lowest BCUT2D eigenvalue weighted by atomic mass is 9.71. The van der Waals surface area contributed by atoms with Gasteiger partial charge in [-0.3, -0.25) is 4.68 Å². The Morgan fingerprint density at radius 2 is 2.05 bits per heavy atom. The van der Waals surface area contributed by atoms with Crippen LogP contribution >= 0.6 is 11.6 Å². The van der Waals surface area contributed by atoms with E-state index in [-0.39, 0.29) is 0 Å². The molecule has 2 atom stereocenters. The second-order valence-corrected chi connectivity index (χ2v) is 6.43. The first-order valence-corrected chi connectivity index (χ1v) is 7.84. The predicted octanol–water partition coefficient (Wildman–Crippen LogP) is 3.20. The molecule has 0 spiro atoms. The highest BCUT2D eigenvalue weighted by Gasteiger charge is 2.32. The first-order chi connectivity index (χ1) is 9.02. The number of nitrogens with zero attached hydrogens (tertiary/aromatic N) is 2. The fourth-order valence-corrected chi connectivity index (χ4v) is 3.22. The average molecular weight is 284 g/mol. The van der Waals surface area contributed by atoms with Gasteiger partial charge in [0.25, 0.3) is 0 Å². The third kappa shape index (κ3) is 3.32. The van der Waals surface area contributed by atoms with Crippen molar-refractivity contribution in [2.45, 2.75) is 52.5 Å². The number of hydrogen-bond acceptors (Lipinski definition) is 2. The fourth-order valence-electron chi connectivity index (χ4n) is 2.85. The quantitative estimate of drug-likeness (QED) is 0.869.